The second-order valence-electron chi connectivity index (χ2n) is 7.02. The minimum Gasteiger partial charge on any atom is -0.392 e. The lowest BCUT2D eigenvalue weighted by Gasteiger charge is -2.35. The number of rotatable bonds is 5. The van der Waals surface area contributed by atoms with Crippen LogP contribution in [-0.4, -0.2) is 27.0 Å². The number of benzene rings is 1. The highest BCUT2D eigenvalue weighted by molar-refractivity contribution is 5.94. The van der Waals surface area contributed by atoms with Crippen molar-refractivity contribution in [1.29, 1.82) is 0 Å². The van der Waals surface area contributed by atoms with Gasteiger partial charge < -0.3 is 15.4 Å². The molecule has 0 bridgehead atoms. The van der Waals surface area contributed by atoms with Crippen LogP contribution in [0, 0.1) is 0 Å². The number of nitrogens with zero attached hydrogens (tertiary/aromatic N) is 1. The van der Waals surface area contributed by atoms with Gasteiger partial charge in [-0.05, 0) is 43.4 Å². The van der Waals surface area contributed by atoms with Gasteiger partial charge in [0.05, 0.1) is 12.3 Å². The molecule has 130 valence electrons. The van der Waals surface area contributed by atoms with E-state index in [1.54, 1.807) is 30.3 Å². The van der Waals surface area contributed by atoms with Gasteiger partial charge in [0.1, 0.15) is 5.82 Å². The Balaban J connectivity index is 1.35. The summed E-state index contributed by atoms with van der Waals surface area (Å²) in [6.07, 6.45) is 3.82. The molecule has 6 heteroatoms. The Hall–Kier alpha value is -2.47. The van der Waals surface area contributed by atoms with Gasteiger partial charge in [-0.15, -0.1) is 0 Å². The SMILES string of the molecule is O=C(NC1CC(c2cc(=O)[nH]c(C3CC3)n2)C1)c1ccc(CO)cc1. The number of aromatic nitrogens is 2. The van der Waals surface area contributed by atoms with Gasteiger partial charge in [-0.2, -0.15) is 0 Å². The molecule has 0 atom stereocenters. The molecule has 1 heterocycles. The Kier molecular flexibility index (Phi) is 4.13. The summed E-state index contributed by atoms with van der Waals surface area (Å²) in [4.78, 5) is 31.5. The van der Waals surface area contributed by atoms with Gasteiger partial charge in [-0.3, -0.25) is 9.59 Å². The molecule has 1 amide bonds. The van der Waals surface area contributed by atoms with Crippen molar-refractivity contribution in [3.8, 4) is 0 Å². The van der Waals surface area contributed by atoms with Gasteiger partial charge in [-0.25, -0.2) is 4.98 Å². The van der Waals surface area contributed by atoms with Crippen LogP contribution in [0.3, 0.4) is 0 Å². The van der Waals surface area contributed by atoms with Crippen molar-refractivity contribution in [2.75, 3.05) is 0 Å². The van der Waals surface area contributed by atoms with E-state index in [9.17, 15) is 9.59 Å². The van der Waals surface area contributed by atoms with Crippen molar-refractivity contribution < 1.29 is 9.90 Å². The molecule has 0 saturated heterocycles. The predicted octanol–water partition coefficient (Wildman–Crippen LogP) is 1.82. The van der Waals surface area contributed by atoms with Crippen LogP contribution < -0.4 is 10.9 Å². The highest BCUT2D eigenvalue weighted by Gasteiger charge is 2.34. The Morgan fingerprint density at radius 2 is 1.92 bits per heavy atom. The standard InChI is InChI=1S/C19H21N3O3/c23-10-11-1-3-13(4-2-11)19(25)20-15-7-14(8-15)16-9-17(24)22-18(21-16)12-5-6-12/h1-4,9,12,14-15,23H,5-8,10H2,(H,20,25)(H,21,22,24). The van der Waals surface area contributed by atoms with Crippen LogP contribution in [0.2, 0.25) is 0 Å². The zero-order valence-electron chi connectivity index (χ0n) is 13.9. The quantitative estimate of drug-likeness (QED) is 0.774. The molecule has 2 saturated carbocycles. The first-order valence-corrected chi connectivity index (χ1v) is 8.74. The fraction of sp³-hybridized carbons (Fsp3) is 0.421. The van der Waals surface area contributed by atoms with E-state index in [1.807, 2.05) is 0 Å². The summed E-state index contributed by atoms with van der Waals surface area (Å²) in [5, 5.41) is 12.1. The topological polar surface area (TPSA) is 95.1 Å². The van der Waals surface area contributed by atoms with Crippen molar-refractivity contribution in [2.45, 2.75) is 50.2 Å². The third-order valence-corrected chi connectivity index (χ3v) is 5.03. The van der Waals surface area contributed by atoms with E-state index >= 15 is 0 Å². The fourth-order valence-corrected chi connectivity index (χ4v) is 3.26. The number of hydrogen-bond acceptors (Lipinski definition) is 4. The number of nitrogens with one attached hydrogen (secondary N) is 2. The maximum Gasteiger partial charge on any atom is 0.251 e. The molecule has 2 aromatic rings. The van der Waals surface area contributed by atoms with E-state index < -0.39 is 0 Å². The number of carbonyl (C=O) groups is 1. The molecular formula is C19H21N3O3. The van der Waals surface area contributed by atoms with E-state index in [0.717, 1.165) is 42.8 Å². The predicted molar refractivity (Wildman–Crippen MR) is 92.4 cm³/mol. The van der Waals surface area contributed by atoms with Crippen molar-refractivity contribution in [2.24, 2.45) is 0 Å². The van der Waals surface area contributed by atoms with Gasteiger partial charge in [0.2, 0.25) is 0 Å². The molecule has 0 spiro atoms. The second-order valence-corrected chi connectivity index (χ2v) is 7.02. The number of carbonyl (C=O) groups excluding carboxylic acids is 1. The lowest BCUT2D eigenvalue weighted by atomic mass is 9.78. The molecule has 2 aliphatic rings. The Bertz CT molecular complexity index is 834. The highest BCUT2D eigenvalue weighted by atomic mass is 16.3. The first-order chi connectivity index (χ1) is 12.1. The van der Waals surface area contributed by atoms with Crippen LogP contribution in [0.1, 0.15) is 65.0 Å². The van der Waals surface area contributed by atoms with Gasteiger partial charge in [0.25, 0.3) is 11.5 Å². The largest absolute Gasteiger partial charge is 0.392 e. The second kappa shape index (κ2) is 6.44. The zero-order valence-corrected chi connectivity index (χ0v) is 13.9. The molecule has 4 rings (SSSR count). The highest BCUT2D eigenvalue weighted by Crippen LogP contribution is 2.40. The van der Waals surface area contributed by atoms with E-state index in [2.05, 4.69) is 15.3 Å². The summed E-state index contributed by atoms with van der Waals surface area (Å²) in [5.74, 6) is 1.37. The zero-order chi connectivity index (χ0) is 17.4. The molecular weight excluding hydrogens is 318 g/mol. The number of aliphatic hydroxyl groups is 1. The first-order valence-electron chi connectivity index (χ1n) is 8.74. The van der Waals surface area contributed by atoms with Crippen LogP contribution in [0.4, 0.5) is 0 Å². The number of amides is 1. The van der Waals surface area contributed by atoms with Crippen molar-refractivity contribution in [3.05, 3.63) is 63.3 Å². The lowest BCUT2D eigenvalue weighted by molar-refractivity contribution is 0.0908. The molecule has 0 aliphatic heterocycles. The molecule has 1 aromatic carbocycles. The van der Waals surface area contributed by atoms with Crippen LogP contribution in [0.15, 0.2) is 35.1 Å². The molecule has 25 heavy (non-hydrogen) atoms. The molecule has 0 unspecified atom stereocenters. The summed E-state index contributed by atoms with van der Waals surface area (Å²) >= 11 is 0. The number of aliphatic hydroxyl groups excluding tert-OH is 1. The van der Waals surface area contributed by atoms with Gasteiger partial charge in [0, 0.05) is 29.5 Å². The van der Waals surface area contributed by atoms with Crippen molar-refractivity contribution in [3.63, 3.8) is 0 Å². The molecule has 3 N–H and O–H groups in total. The minimum absolute atomic E-state index is 0.0295. The van der Waals surface area contributed by atoms with Crippen LogP contribution in [-0.2, 0) is 6.61 Å². The van der Waals surface area contributed by atoms with E-state index in [0.29, 0.717) is 11.5 Å². The minimum atomic E-state index is -0.106. The van der Waals surface area contributed by atoms with Gasteiger partial charge >= 0.3 is 0 Å². The number of hydrogen-bond donors (Lipinski definition) is 3. The van der Waals surface area contributed by atoms with Crippen LogP contribution in [0.25, 0.3) is 0 Å². The molecule has 1 aromatic heterocycles. The molecule has 0 radical (unpaired) electrons. The smallest absolute Gasteiger partial charge is 0.251 e. The molecule has 6 nitrogen and oxygen atoms in total. The summed E-state index contributed by atoms with van der Waals surface area (Å²) < 4.78 is 0. The van der Waals surface area contributed by atoms with Crippen molar-refractivity contribution >= 4 is 5.91 Å². The maximum absolute atomic E-state index is 12.3. The third kappa shape index (κ3) is 3.49. The van der Waals surface area contributed by atoms with E-state index in [-0.39, 0.29) is 30.0 Å². The summed E-state index contributed by atoms with van der Waals surface area (Å²) in [5.41, 5.74) is 2.14. The Morgan fingerprint density at radius 1 is 1.20 bits per heavy atom. The molecule has 2 fully saturated rings. The third-order valence-electron chi connectivity index (χ3n) is 5.03. The van der Waals surface area contributed by atoms with E-state index in [4.69, 9.17) is 5.11 Å². The maximum atomic E-state index is 12.3. The summed E-state index contributed by atoms with van der Waals surface area (Å²) in [6.45, 7) is -0.0295. The number of aromatic amines is 1. The lowest BCUT2D eigenvalue weighted by Crippen LogP contribution is -2.43. The number of H-pyrrole nitrogens is 1. The summed E-state index contributed by atoms with van der Waals surface area (Å²) in [6, 6.07) is 8.63. The van der Waals surface area contributed by atoms with Crippen LogP contribution in [0.5, 0.6) is 0 Å². The summed E-state index contributed by atoms with van der Waals surface area (Å²) in [7, 11) is 0. The van der Waals surface area contributed by atoms with Crippen LogP contribution >= 0.6 is 0 Å². The van der Waals surface area contributed by atoms with Crippen molar-refractivity contribution in [1.82, 2.24) is 15.3 Å². The average Bonchev–Trinajstić information content (AvgIpc) is 3.42. The van der Waals surface area contributed by atoms with Gasteiger partial charge in [-0.1, -0.05) is 12.1 Å². The Labute approximate surface area is 145 Å². The fourth-order valence-electron chi connectivity index (χ4n) is 3.26. The average molecular weight is 339 g/mol. The monoisotopic (exact) mass is 339 g/mol. The van der Waals surface area contributed by atoms with Gasteiger partial charge in [0.15, 0.2) is 0 Å². The molecule has 2 aliphatic carbocycles. The normalized spacial score (nSPS) is 22.3. The Morgan fingerprint density at radius 3 is 2.56 bits per heavy atom. The van der Waals surface area contributed by atoms with E-state index in [1.165, 1.54) is 0 Å². The first kappa shape index (κ1) is 16.0.